The van der Waals surface area contributed by atoms with Crippen molar-refractivity contribution in [3.8, 4) is 0 Å². The Balaban J connectivity index is 1.27. The molecule has 1 aliphatic carbocycles. The molecule has 4 aliphatic heterocycles. The number of halogens is 2. The average molecular weight is 606 g/mol. The zero-order valence-electron chi connectivity index (χ0n) is 23.4. The highest BCUT2D eigenvalue weighted by Gasteiger charge is 2.76. The summed E-state index contributed by atoms with van der Waals surface area (Å²) in [5, 5.41) is 6.87. The van der Waals surface area contributed by atoms with Gasteiger partial charge in [-0.2, -0.15) is 0 Å². The molecule has 5 aliphatic rings. The second-order valence-corrected chi connectivity index (χ2v) is 12.9. The molecular formula is C30H38Cl2N4O5. The lowest BCUT2D eigenvalue weighted by Crippen LogP contribution is -2.57. The van der Waals surface area contributed by atoms with Gasteiger partial charge in [0.05, 0.1) is 40.7 Å². The number of benzene rings is 1. The molecule has 3 amide bonds. The lowest BCUT2D eigenvalue weighted by Gasteiger charge is -2.35. The van der Waals surface area contributed by atoms with Crippen LogP contribution < -0.4 is 10.6 Å². The summed E-state index contributed by atoms with van der Waals surface area (Å²) in [6, 6.07) is 4.11. The van der Waals surface area contributed by atoms with Crippen LogP contribution >= 0.6 is 23.2 Å². The standard InChI is InChI=1S/C30H38Cl2N4O5/c1-29-10-11-30(41-29)24(23(29)26(37)34-20-8-9-21(31)22(32)18-20)28(39)36(13-5-12-35-14-16-40-17-15-35)25(30)27(38)33-19-6-3-2-4-7-19/h8-11,18-19,23-25H,2-7,12-17H2,1H3,(H,33,38)(H,34,37)/t23-,24+,25+,29+,30+/m1/s1. The number of ether oxygens (including phenoxy) is 2. The third-order valence-electron chi connectivity index (χ3n) is 9.44. The van der Waals surface area contributed by atoms with Crippen molar-refractivity contribution >= 4 is 46.6 Å². The Labute approximate surface area is 250 Å². The number of amides is 3. The van der Waals surface area contributed by atoms with Gasteiger partial charge in [0.15, 0.2) is 0 Å². The maximum atomic E-state index is 14.2. The first-order valence-corrected chi connectivity index (χ1v) is 15.5. The van der Waals surface area contributed by atoms with Gasteiger partial charge >= 0.3 is 0 Å². The number of fused-ring (bicyclic) bond motifs is 1. The Hall–Kier alpha value is -2.17. The van der Waals surface area contributed by atoms with Crippen molar-refractivity contribution in [2.75, 3.05) is 44.7 Å². The number of likely N-dealkylation sites (tertiary alicyclic amines) is 1. The molecule has 222 valence electrons. The van der Waals surface area contributed by atoms with Crippen molar-refractivity contribution in [3.63, 3.8) is 0 Å². The predicted molar refractivity (Wildman–Crippen MR) is 156 cm³/mol. The molecule has 11 heteroatoms. The van der Waals surface area contributed by atoms with E-state index in [1.54, 1.807) is 23.1 Å². The summed E-state index contributed by atoms with van der Waals surface area (Å²) >= 11 is 12.2. The van der Waals surface area contributed by atoms with Crippen molar-refractivity contribution in [2.45, 2.75) is 68.7 Å². The highest BCUT2D eigenvalue weighted by molar-refractivity contribution is 6.42. The molecular weight excluding hydrogens is 567 g/mol. The number of nitrogens with zero attached hydrogens (tertiary/aromatic N) is 2. The third kappa shape index (κ3) is 5.29. The topological polar surface area (TPSA) is 100 Å². The van der Waals surface area contributed by atoms with Gasteiger partial charge in [-0.1, -0.05) is 54.6 Å². The summed E-state index contributed by atoms with van der Waals surface area (Å²) in [5.74, 6) is -2.39. The van der Waals surface area contributed by atoms with Crippen molar-refractivity contribution in [2.24, 2.45) is 11.8 Å². The van der Waals surface area contributed by atoms with Crippen molar-refractivity contribution in [1.82, 2.24) is 15.1 Å². The second kappa shape index (κ2) is 11.5. The summed E-state index contributed by atoms with van der Waals surface area (Å²) in [6.45, 7) is 6.15. The molecule has 1 spiro atoms. The molecule has 1 aromatic rings. The Morgan fingerprint density at radius 3 is 2.51 bits per heavy atom. The molecule has 1 saturated carbocycles. The molecule has 2 bridgehead atoms. The molecule has 4 heterocycles. The van der Waals surface area contributed by atoms with Crippen molar-refractivity contribution in [3.05, 3.63) is 40.4 Å². The number of anilines is 1. The van der Waals surface area contributed by atoms with Gasteiger partial charge in [0, 0.05) is 37.9 Å². The number of hydrogen-bond donors (Lipinski definition) is 2. The lowest BCUT2D eigenvalue weighted by atomic mass is 9.70. The monoisotopic (exact) mass is 604 g/mol. The van der Waals surface area contributed by atoms with Crippen LogP contribution in [0.2, 0.25) is 10.0 Å². The maximum Gasteiger partial charge on any atom is 0.246 e. The highest BCUT2D eigenvalue weighted by Crippen LogP contribution is 2.59. The predicted octanol–water partition coefficient (Wildman–Crippen LogP) is 3.64. The van der Waals surface area contributed by atoms with Crippen molar-refractivity contribution < 1.29 is 23.9 Å². The summed E-state index contributed by atoms with van der Waals surface area (Å²) in [4.78, 5) is 46.1. The molecule has 1 aromatic carbocycles. The molecule has 2 N–H and O–H groups in total. The molecule has 6 rings (SSSR count). The SMILES string of the molecule is C[C@@]12C=C[C@]3(O1)[C@H](C(=O)N(CCCN1CCOCC1)[C@H]3C(=O)NC1CCCCC1)[C@@H]2C(=O)Nc1ccc(Cl)c(Cl)c1. The van der Waals surface area contributed by atoms with E-state index in [0.29, 0.717) is 41.9 Å². The first-order chi connectivity index (χ1) is 19.7. The van der Waals surface area contributed by atoms with Crippen molar-refractivity contribution in [1.29, 1.82) is 0 Å². The van der Waals surface area contributed by atoms with Gasteiger partial charge in [0.25, 0.3) is 0 Å². The van der Waals surface area contributed by atoms with E-state index in [2.05, 4.69) is 15.5 Å². The fourth-order valence-corrected chi connectivity index (χ4v) is 7.78. The molecule has 0 aromatic heterocycles. The summed E-state index contributed by atoms with van der Waals surface area (Å²) in [7, 11) is 0. The zero-order chi connectivity index (χ0) is 28.8. The zero-order valence-corrected chi connectivity index (χ0v) is 24.9. The maximum absolute atomic E-state index is 14.2. The lowest BCUT2D eigenvalue weighted by molar-refractivity contribution is -0.144. The van der Waals surface area contributed by atoms with Gasteiger partial charge in [0.1, 0.15) is 11.6 Å². The van der Waals surface area contributed by atoms with E-state index >= 15 is 0 Å². The molecule has 41 heavy (non-hydrogen) atoms. The summed E-state index contributed by atoms with van der Waals surface area (Å²) in [5.41, 5.74) is -1.75. The molecule has 0 radical (unpaired) electrons. The van der Waals surface area contributed by atoms with Gasteiger partial charge in [-0.25, -0.2) is 0 Å². The minimum Gasteiger partial charge on any atom is -0.379 e. The third-order valence-corrected chi connectivity index (χ3v) is 10.2. The van der Waals surface area contributed by atoms with Crippen LogP contribution in [0.15, 0.2) is 30.4 Å². The van der Waals surface area contributed by atoms with Crippen LogP contribution in [-0.2, 0) is 23.9 Å². The van der Waals surface area contributed by atoms with Gasteiger partial charge in [-0.3, -0.25) is 19.3 Å². The summed E-state index contributed by atoms with van der Waals surface area (Å²) < 4.78 is 12.1. The smallest absolute Gasteiger partial charge is 0.246 e. The number of carbonyl (C=O) groups is 3. The van der Waals surface area contributed by atoms with Crippen LogP contribution in [0.25, 0.3) is 0 Å². The number of nitrogens with one attached hydrogen (secondary N) is 2. The van der Waals surface area contributed by atoms with Crippen LogP contribution in [0.4, 0.5) is 5.69 Å². The molecule has 0 unspecified atom stereocenters. The Morgan fingerprint density at radius 1 is 1.02 bits per heavy atom. The first kappa shape index (κ1) is 28.9. The minimum absolute atomic E-state index is 0.0870. The Morgan fingerprint density at radius 2 is 1.78 bits per heavy atom. The second-order valence-electron chi connectivity index (χ2n) is 12.1. The number of hydrogen-bond acceptors (Lipinski definition) is 6. The van der Waals surface area contributed by atoms with E-state index in [4.69, 9.17) is 32.7 Å². The molecule has 5 atom stereocenters. The van der Waals surface area contributed by atoms with Crippen LogP contribution in [-0.4, -0.2) is 90.2 Å². The van der Waals surface area contributed by atoms with E-state index in [-0.39, 0.29) is 23.8 Å². The fraction of sp³-hybridized carbons (Fsp3) is 0.633. The number of rotatable bonds is 8. The van der Waals surface area contributed by atoms with E-state index in [9.17, 15) is 14.4 Å². The Bertz CT molecular complexity index is 1230. The van der Waals surface area contributed by atoms with Gasteiger partial charge < -0.3 is 25.0 Å². The van der Waals surface area contributed by atoms with E-state index in [1.165, 1.54) is 6.42 Å². The fourth-order valence-electron chi connectivity index (χ4n) is 7.48. The van der Waals surface area contributed by atoms with Gasteiger partial charge in [0.2, 0.25) is 17.7 Å². The molecule has 9 nitrogen and oxygen atoms in total. The minimum atomic E-state index is -1.21. The normalized spacial score (nSPS) is 33.3. The van der Waals surface area contributed by atoms with Crippen LogP contribution in [0.5, 0.6) is 0 Å². The quantitative estimate of drug-likeness (QED) is 0.439. The summed E-state index contributed by atoms with van der Waals surface area (Å²) in [6.07, 6.45) is 9.64. The highest BCUT2D eigenvalue weighted by atomic mass is 35.5. The van der Waals surface area contributed by atoms with Gasteiger partial charge in [-0.05, 0) is 44.4 Å². The number of morpholine rings is 1. The van der Waals surface area contributed by atoms with Crippen LogP contribution in [0, 0.1) is 11.8 Å². The van der Waals surface area contributed by atoms with Gasteiger partial charge in [-0.15, -0.1) is 0 Å². The van der Waals surface area contributed by atoms with Crippen LogP contribution in [0.1, 0.15) is 45.4 Å². The Kier molecular flexibility index (Phi) is 8.11. The first-order valence-electron chi connectivity index (χ1n) is 14.8. The molecule has 4 fully saturated rings. The average Bonchev–Trinajstić information content (AvgIpc) is 3.52. The van der Waals surface area contributed by atoms with Crippen LogP contribution in [0.3, 0.4) is 0 Å². The van der Waals surface area contributed by atoms with E-state index in [0.717, 1.165) is 45.3 Å². The largest absolute Gasteiger partial charge is 0.379 e. The number of carbonyl (C=O) groups excluding carboxylic acids is 3. The van der Waals surface area contributed by atoms with E-state index < -0.39 is 29.1 Å². The molecule has 3 saturated heterocycles. The van der Waals surface area contributed by atoms with E-state index in [1.807, 2.05) is 19.1 Å².